The number of nitrogens with zero attached hydrogens (tertiary/aromatic N) is 2. The molecule has 0 fully saturated rings. The zero-order valence-corrected chi connectivity index (χ0v) is 15.9. The number of hydrazone groups is 1. The Kier molecular flexibility index (Phi) is 5.87. The molecule has 27 heavy (non-hydrogen) atoms. The van der Waals surface area contributed by atoms with Gasteiger partial charge in [0.25, 0.3) is 5.91 Å². The number of benzene rings is 2. The Labute approximate surface area is 160 Å². The minimum atomic E-state index is -0.320. The molecule has 3 aromatic rings. The number of anilines is 1. The van der Waals surface area contributed by atoms with Crippen molar-refractivity contribution in [2.24, 2.45) is 5.10 Å². The number of ether oxygens (including phenoxy) is 2. The van der Waals surface area contributed by atoms with E-state index in [4.69, 9.17) is 15.2 Å². The maximum atomic E-state index is 12.3. The third kappa shape index (κ3) is 4.35. The van der Waals surface area contributed by atoms with Gasteiger partial charge in [-0.05, 0) is 36.8 Å². The summed E-state index contributed by atoms with van der Waals surface area (Å²) < 4.78 is 11.9. The van der Waals surface area contributed by atoms with Gasteiger partial charge in [0, 0.05) is 11.1 Å². The maximum absolute atomic E-state index is 12.3. The first-order chi connectivity index (χ1) is 13.1. The number of aromatic nitrogens is 1. The number of nitrogens with two attached hydrogens (primary N) is 1. The number of methoxy groups -OCH3 is 1. The molecule has 0 saturated carbocycles. The van der Waals surface area contributed by atoms with E-state index in [1.165, 1.54) is 17.6 Å². The molecule has 1 amide bonds. The van der Waals surface area contributed by atoms with E-state index in [9.17, 15) is 4.79 Å². The minimum Gasteiger partial charge on any atom is -0.493 e. The van der Waals surface area contributed by atoms with E-state index in [2.05, 4.69) is 15.5 Å². The van der Waals surface area contributed by atoms with Crippen molar-refractivity contribution >= 4 is 38.8 Å². The molecule has 0 radical (unpaired) electrons. The fourth-order valence-corrected chi connectivity index (χ4v) is 3.24. The highest BCUT2D eigenvalue weighted by Crippen LogP contribution is 2.30. The smallest absolute Gasteiger partial charge is 0.271 e. The fourth-order valence-electron chi connectivity index (χ4n) is 2.46. The van der Waals surface area contributed by atoms with E-state index >= 15 is 0 Å². The number of amides is 1. The van der Waals surface area contributed by atoms with Gasteiger partial charge in [0.1, 0.15) is 0 Å². The van der Waals surface area contributed by atoms with Crippen LogP contribution < -0.4 is 20.6 Å². The zero-order chi connectivity index (χ0) is 19.2. The zero-order valence-electron chi connectivity index (χ0n) is 15.1. The molecule has 0 spiro atoms. The first-order valence-corrected chi connectivity index (χ1v) is 9.23. The van der Waals surface area contributed by atoms with Crippen LogP contribution in [0.1, 0.15) is 29.3 Å². The largest absolute Gasteiger partial charge is 0.493 e. The highest BCUT2D eigenvalue weighted by atomic mass is 32.1. The molecule has 0 aliphatic rings. The van der Waals surface area contributed by atoms with Crippen molar-refractivity contribution in [3.8, 4) is 11.5 Å². The monoisotopic (exact) mass is 384 g/mol. The number of carbonyl (C=O) groups excluding carboxylic acids is 1. The number of nitrogens with one attached hydrogen (secondary N) is 1. The Morgan fingerprint density at radius 3 is 3.00 bits per heavy atom. The second-order valence-corrected chi connectivity index (χ2v) is 6.72. The number of fused-ring (bicyclic) bond motifs is 1. The number of nitrogen functional groups attached to an aromatic ring is 1. The lowest BCUT2D eigenvalue weighted by molar-refractivity contribution is 0.0955. The number of rotatable bonds is 7. The van der Waals surface area contributed by atoms with Gasteiger partial charge in [-0.25, -0.2) is 10.4 Å². The summed E-state index contributed by atoms with van der Waals surface area (Å²) in [6.45, 7) is 2.59. The van der Waals surface area contributed by atoms with Gasteiger partial charge in [-0.3, -0.25) is 4.79 Å². The van der Waals surface area contributed by atoms with Crippen LogP contribution in [0, 0.1) is 0 Å². The Morgan fingerprint density at radius 1 is 1.37 bits per heavy atom. The molecule has 0 saturated heterocycles. The second-order valence-electron chi connectivity index (χ2n) is 5.66. The molecule has 2 aromatic carbocycles. The molecule has 3 rings (SSSR count). The third-order valence-electron chi connectivity index (χ3n) is 3.72. The van der Waals surface area contributed by atoms with Crippen molar-refractivity contribution in [1.82, 2.24) is 10.4 Å². The molecule has 0 aliphatic carbocycles. The summed E-state index contributed by atoms with van der Waals surface area (Å²) in [5.41, 5.74) is 10.2. The van der Waals surface area contributed by atoms with Gasteiger partial charge >= 0.3 is 0 Å². The molecule has 0 aliphatic heterocycles. The van der Waals surface area contributed by atoms with E-state index in [1.54, 1.807) is 25.3 Å². The van der Waals surface area contributed by atoms with Crippen molar-refractivity contribution in [3.63, 3.8) is 0 Å². The number of thiazole rings is 1. The molecule has 0 unspecified atom stereocenters. The van der Waals surface area contributed by atoms with Gasteiger partial charge in [0.15, 0.2) is 16.6 Å². The van der Waals surface area contributed by atoms with Crippen LogP contribution in [-0.4, -0.2) is 30.8 Å². The molecule has 7 nitrogen and oxygen atoms in total. The summed E-state index contributed by atoms with van der Waals surface area (Å²) in [5.74, 6) is 0.896. The van der Waals surface area contributed by atoms with Crippen LogP contribution in [0.15, 0.2) is 41.5 Å². The Morgan fingerprint density at radius 2 is 2.22 bits per heavy atom. The molecule has 0 bridgehead atoms. The second kappa shape index (κ2) is 8.50. The normalized spacial score (nSPS) is 11.0. The van der Waals surface area contributed by atoms with E-state index in [0.717, 1.165) is 16.6 Å². The average molecular weight is 384 g/mol. The number of hydrogen-bond donors (Lipinski definition) is 2. The van der Waals surface area contributed by atoms with Crippen molar-refractivity contribution < 1.29 is 14.3 Å². The molecule has 3 N–H and O–H groups in total. The van der Waals surface area contributed by atoms with Crippen LogP contribution in [0.4, 0.5) is 5.13 Å². The molecule has 1 heterocycles. The molecule has 8 heteroatoms. The van der Waals surface area contributed by atoms with Crippen molar-refractivity contribution in [1.29, 1.82) is 0 Å². The van der Waals surface area contributed by atoms with Gasteiger partial charge in [-0.1, -0.05) is 24.3 Å². The quantitative estimate of drug-likeness (QED) is 0.480. The van der Waals surface area contributed by atoms with E-state index in [0.29, 0.717) is 34.4 Å². The van der Waals surface area contributed by atoms with E-state index in [-0.39, 0.29) is 5.91 Å². The van der Waals surface area contributed by atoms with Crippen LogP contribution in [0.25, 0.3) is 10.2 Å². The number of para-hydroxylation sites is 1. The summed E-state index contributed by atoms with van der Waals surface area (Å²) in [6.07, 6.45) is 2.41. The Hall–Kier alpha value is -3.13. The first-order valence-electron chi connectivity index (χ1n) is 8.41. The standard InChI is InChI=1S/C19H20N4O3S/c1-3-9-26-17-13(5-4-6-15(17)25-2)11-21-23-18(24)12-7-8-14-16(10-12)27-19(20)22-14/h4-8,10-11H,3,9H2,1-2H3,(H2,20,22)(H,23,24)/b21-11-. The summed E-state index contributed by atoms with van der Waals surface area (Å²) in [6, 6.07) is 10.7. The van der Waals surface area contributed by atoms with Crippen LogP contribution in [-0.2, 0) is 0 Å². The summed E-state index contributed by atoms with van der Waals surface area (Å²) in [4.78, 5) is 16.5. The van der Waals surface area contributed by atoms with Gasteiger partial charge in [0.2, 0.25) is 0 Å². The number of hydrogen-bond acceptors (Lipinski definition) is 7. The Balaban J connectivity index is 1.75. The highest BCUT2D eigenvalue weighted by molar-refractivity contribution is 7.22. The molecule has 140 valence electrons. The minimum absolute atomic E-state index is 0.320. The topological polar surface area (TPSA) is 98.8 Å². The molecular weight excluding hydrogens is 364 g/mol. The maximum Gasteiger partial charge on any atom is 0.271 e. The first kappa shape index (κ1) is 18.7. The number of carbonyl (C=O) groups is 1. The SMILES string of the molecule is CCCOc1c(/C=N\NC(=O)c2ccc3nc(N)sc3c2)cccc1OC. The van der Waals surface area contributed by atoms with E-state index in [1.807, 2.05) is 25.1 Å². The molecule has 0 atom stereocenters. The van der Waals surface area contributed by atoms with Crippen molar-refractivity contribution in [3.05, 3.63) is 47.5 Å². The predicted octanol–water partition coefficient (Wildman–Crippen LogP) is 3.44. The van der Waals surface area contributed by atoms with Crippen LogP contribution in [0.5, 0.6) is 11.5 Å². The van der Waals surface area contributed by atoms with E-state index < -0.39 is 0 Å². The third-order valence-corrected chi connectivity index (χ3v) is 4.56. The lowest BCUT2D eigenvalue weighted by atomic mass is 10.2. The van der Waals surface area contributed by atoms with Crippen LogP contribution in [0.2, 0.25) is 0 Å². The van der Waals surface area contributed by atoms with Crippen molar-refractivity contribution in [2.75, 3.05) is 19.5 Å². The summed E-state index contributed by atoms with van der Waals surface area (Å²) >= 11 is 1.34. The highest BCUT2D eigenvalue weighted by Gasteiger charge is 2.10. The lowest BCUT2D eigenvalue weighted by Crippen LogP contribution is -2.17. The summed E-state index contributed by atoms with van der Waals surface area (Å²) in [7, 11) is 1.58. The average Bonchev–Trinajstić information content (AvgIpc) is 3.05. The fraction of sp³-hybridized carbons (Fsp3) is 0.211. The van der Waals surface area contributed by atoms with Gasteiger partial charge in [-0.2, -0.15) is 5.10 Å². The van der Waals surface area contributed by atoms with Gasteiger partial charge < -0.3 is 15.2 Å². The lowest BCUT2D eigenvalue weighted by Gasteiger charge is -2.12. The van der Waals surface area contributed by atoms with Crippen LogP contribution >= 0.6 is 11.3 Å². The van der Waals surface area contributed by atoms with Crippen LogP contribution in [0.3, 0.4) is 0 Å². The molecule has 1 aromatic heterocycles. The Bertz CT molecular complexity index is 984. The van der Waals surface area contributed by atoms with Gasteiger partial charge in [-0.15, -0.1) is 0 Å². The molecular formula is C19H20N4O3S. The predicted molar refractivity (Wildman–Crippen MR) is 108 cm³/mol. The van der Waals surface area contributed by atoms with Crippen molar-refractivity contribution in [2.45, 2.75) is 13.3 Å². The van der Waals surface area contributed by atoms with Gasteiger partial charge in [0.05, 0.1) is 30.1 Å². The summed E-state index contributed by atoms with van der Waals surface area (Å²) in [5, 5.41) is 4.52.